The zero-order valence-electron chi connectivity index (χ0n) is 14.8. The number of carboxylic acid groups (broad SMARTS) is 1. The number of carboxylic acids is 1. The van der Waals surface area contributed by atoms with E-state index in [9.17, 15) is 18.0 Å². The maximum absolute atomic E-state index is 12.7. The number of aryl methyl sites for hydroxylation is 1. The molecule has 0 aromatic heterocycles. The third-order valence-corrected chi connectivity index (χ3v) is 6.44. The van der Waals surface area contributed by atoms with Crippen molar-refractivity contribution in [2.24, 2.45) is 0 Å². The number of rotatable bonds is 4. The Balaban J connectivity index is 1.69. The fraction of sp³-hybridized carbons (Fsp3) is 0.263. The largest absolute Gasteiger partial charge is 0.478 e. The van der Waals surface area contributed by atoms with Crippen LogP contribution in [0.3, 0.4) is 0 Å². The highest BCUT2D eigenvalue weighted by Crippen LogP contribution is 2.19. The van der Waals surface area contributed by atoms with Gasteiger partial charge in [0.2, 0.25) is 10.0 Å². The van der Waals surface area contributed by atoms with Gasteiger partial charge in [0, 0.05) is 31.7 Å². The molecule has 1 aliphatic heterocycles. The van der Waals surface area contributed by atoms with Crippen molar-refractivity contribution in [3.05, 3.63) is 65.2 Å². The van der Waals surface area contributed by atoms with Gasteiger partial charge in [0.25, 0.3) is 5.91 Å². The number of benzene rings is 2. The average Bonchev–Trinajstić information content (AvgIpc) is 2.67. The van der Waals surface area contributed by atoms with E-state index in [0.717, 1.165) is 5.56 Å². The summed E-state index contributed by atoms with van der Waals surface area (Å²) in [5.74, 6) is -1.22. The lowest BCUT2D eigenvalue weighted by Gasteiger charge is -2.34. The van der Waals surface area contributed by atoms with E-state index in [2.05, 4.69) is 0 Å². The summed E-state index contributed by atoms with van der Waals surface area (Å²) in [5, 5.41) is 8.92. The van der Waals surface area contributed by atoms with Gasteiger partial charge < -0.3 is 10.0 Å². The second-order valence-electron chi connectivity index (χ2n) is 6.40. The van der Waals surface area contributed by atoms with Crippen molar-refractivity contribution >= 4 is 21.9 Å². The summed E-state index contributed by atoms with van der Waals surface area (Å²) in [6.07, 6.45) is 0. The van der Waals surface area contributed by atoms with Crippen LogP contribution in [0.1, 0.15) is 26.3 Å². The molecule has 0 radical (unpaired) electrons. The Labute approximate surface area is 157 Å². The van der Waals surface area contributed by atoms with Crippen LogP contribution in [0.2, 0.25) is 0 Å². The summed E-state index contributed by atoms with van der Waals surface area (Å²) >= 11 is 0. The van der Waals surface area contributed by atoms with Crippen LogP contribution in [0.25, 0.3) is 0 Å². The third-order valence-electron chi connectivity index (χ3n) is 4.53. The highest BCUT2D eigenvalue weighted by atomic mass is 32.2. The van der Waals surface area contributed by atoms with E-state index in [1.165, 1.54) is 28.6 Å². The van der Waals surface area contributed by atoms with Crippen molar-refractivity contribution in [3.8, 4) is 0 Å². The zero-order valence-corrected chi connectivity index (χ0v) is 15.6. The molecule has 8 heteroatoms. The molecule has 27 heavy (non-hydrogen) atoms. The number of aromatic carboxylic acids is 1. The summed E-state index contributed by atoms with van der Waals surface area (Å²) in [5.41, 5.74) is 1.62. The van der Waals surface area contributed by atoms with Crippen molar-refractivity contribution in [2.75, 3.05) is 26.2 Å². The van der Waals surface area contributed by atoms with Crippen LogP contribution < -0.4 is 0 Å². The number of amides is 1. The Morgan fingerprint density at radius 1 is 0.926 bits per heavy atom. The van der Waals surface area contributed by atoms with E-state index in [-0.39, 0.29) is 29.5 Å². The van der Waals surface area contributed by atoms with E-state index in [1.807, 2.05) is 25.1 Å². The van der Waals surface area contributed by atoms with Crippen LogP contribution in [0, 0.1) is 6.92 Å². The first kappa shape index (κ1) is 19.1. The van der Waals surface area contributed by atoms with Gasteiger partial charge in [-0.05, 0) is 43.3 Å². The molecule has 2 aromatic carbocycles. The van der Waals surface area contributed by atoms with Crippen LogP contribution in [0.4, 0.5) is 0 Å². The minimum atomic E-state index is -3.72. The molecule has 1 aliphatic rings. The van der Waals surface area contributed by atoms with Crippen molar-refractivity contribution in [1.29, 1.82) is 0 Å². The van der Waals surface area contributed by atoms with Gasteiger partial charge in [0.15, 0.2) is 0 Å². The van der Waals surface area contributed by atoms with Crippen molar-refractivity contribution in [3.63, 3.8) is 0 Å². The number of nitrogens with zero attached hydrogens (tertiary/aromatic N) is 2. The molecule has 0 aliphatic carbocycles. The first-order chi connectivity index (χ1) is 12.8. The lowest BCUT2D eigenvalue weighted by Crippen LogP contribution is -2.50. The van der Waals surface area contributed by atoms with Gasteiger partial charge in [-0.25, -0.2) is 13.2 Å². The number of hydrogen-bond donors (Lipinski definition) is 1. The summed E-state index contributed by atoms with van der Waals surface area (Å²) in [6, 6.07) is 12.4. The molecule has 2 aromatic rings. The standard InChI is InChI=1S/C19H20N2O5S/c1-14-3-2-4-16(13-14)18(22)20-9-11-21(12-10-20)27(25,26)17-7-5-15(6-8-17)19(23)24/h2-8,13H,9-12H2,1H3,(H,23,24). The van der Waals surface area contributed by atoms with Gasteiger partial charge in [-0.2, -0.15) is 4.31 Å². The van der Waals surface area contributed by atoms with Gasteiger partial charge in [-0.1, -0.05) is 17.7 Å². The Hall–Kier alpha value is -2.71. The molecule has 0 bridgehead atoms. The highest BCUT2D eigenvalue weighted by Gasteiger charge is 2.30. The van der Waals surface area contributed by atoms with Gasteiger partial charge in [-0.3, -0.25) is 4.79 Å². The Bertz CT molecular complexity index is 962. The zero-order chi connectivity index (χ0) is 19.6. The predicted octanol–water partition coefficient (Wildman–Crippen LogP) is 1.84. The van der Waals surface area contributed by atoms with Gasteiger partial charge >= 0.3 is 5.97 Å². The van der Waals surface area contributed by atoms with Crippen LogP contribution in [0.15, 0.2) is 53.4 Å². The predicted molar refractivity (Wildman–Crippen MR) is 99.2 cm³/mol. The van der Waals surface area contributed by atoms with Gasteiger partial charge in [0.05, 0.1) is 10.5 Å². The lowest BCUT2D eigenvalue weighted by atomic mass is 10.1. The molecule has 1 fully saturated rings. The molecular formula is C19H20N2O5S. The van der Waals surface area contributed by atoms with Gasteiger partial charge in [0.1, 0.15) is 0 Å². The Morgan fingerprint density at radius 3 is 2.11 bits per heavy atom. The summed E-state index contributed by atoms with van der Waals surface area (Å²) in [7, 11) is -3.72. The summed E-state index contributed by atoms with van der Waals surface area (Å²) in [6.45, 7) is 2.91. The summed E-state index contributed by atoms with van der Waals surface area (Å²) in [4.78, 5) is 25.2. The van der Waals surface area contributed by atoms with Crippen molar-refractivity contribution in [2.45, 2.75) is 11.8 Å². The van der Waals surface area contributed by atoms with Crippen LogP contribution in [0.5, 0.6) is 0 Å². The van der Waals surface area contributed by atoms with E-state index >= 15 is 0 Å². The van der Waals surface area contributed by atoms with E-state index in [0.29, 0.717) is 18.7 Å². The SMILES string of the molecule is Cc1cccc(C(=O)N2CCN(S(=O)(=O)c3ccc(C(=O)O)cc3)CC2)c1. The van der Waals surface area contributed by atoms with Crippen molar-refractivity contribution in [1.82, 2.24) is 9.21 Å². The normalized spacial score (nSPS) is 15.5. The maximum atomic E-state index is 12.7. The minimum absolute atomic E-state index is 0.0301. The quantitative estimate of drug-likeness (QED) is 0.862. The molecular weight excluding hydrogens is 368 g/mol. The Morgan fingerprint density at radius 2 is 1.56 bits per heavy atom. The first-order valence-corrected chi connectivity index (χ1v) is 9.92. The molecule has 0 unspecified atom stereocenters. The van der Waals surface area contributed by atoms with Crippen LogP contribution in [-0.2, 0) is 10.0 Å². The molecule has 0 atom stereocenters. The fourth-order valence-electron chi connectivity index (χ4n) is 3.01. The molecule has 142 valence electrons. The Kier molecular flexibility index (Phi) is 5.29. The third kappa shape index (κ3) is 4.01. The average molecular weight is 388 g/mol. The lowest BCUT2D eigenvalue weighted by molar-refractivity contribution is 0.0690. The molecule has 1 saturated heterocycles. The first-order valence-electron chi connectivity index (χ1n) is 8.48. The monoisotopic (exact) mass is 388 g/mol. The van der Waals surface area contributed by atoms with E-state index < -0.39 is 16.0 Å². The molecule has 3 rings (SSSR count). The van der Waals surface area contributed by atoms with E-state index in [4.69, 9.17) is 5.11 Å². The van der Waals surface area contributed by atoms with Gasteiger partial charge in [-0.15, -0.1) is 0 Å². The fourth-order valence-corrected chi connectivity index (χ4v) is 4.43. The molecule has 1 heterocycles. The number of hydrogen-bond acceptors (Lipinski definition) is 4. The highest BCUT2D eigenvalue weighted by molar-refractivity contribution is 7.89. The maximum Gasteiger partial charge on any atom is 0.335 e. The second kappa shape index (κ2) is 7.50. The smallest absolute Gasteiger partial charge is 0.335 e. The van der Waals surface area contributed by atoms with E-state index in [1.54, 1.807) is 11.0 Å². The summed E-state index contributed by atoms with van der Waals surface area (Å²) < 4.78 is 26.8. The van der Waals surface area contributed by atoms with Crippen LogP contribution in [-0.4, -0.2) is 60.8 Å². The molecule has 0 spiro atoms. The number of carbonyl (C=O) groups excluding carboxylic acids is 1. The molecule has 1 amide bonds. The van der Waals surface area contributed by atoms with Crippen molar-refractivity contribution < 1.29 is 23.1 Å². The molecule has 1 N–H and O–H groups in total. The van der Waals surface area contributed by atoms with Crippen LogP contribution >= 0.6 is 0 Å². The second-order valence-corrected chi connectivity index (χ2v) is 8.33. The number of piperazine rings is 1. The number of sulfonamides is 1. The minimum Gasteiger partial charge on any atom is -0.478 e. The molecule has 0 saturated carbocycles. The number of carbonyl (C=O) groups is 2. The molecule has 7 nitrogen and oxygen atoms in total. The topological polar surface area (TPSA) is 95.0 Å².